The monoisotopic (exact) mass is 324 g/mol. The lowest BCUT2D eigenvalue weighted by atomic mass is 10.0. The van der Waals surface area contributed by atoms with Crippen molar-refractivity contribution in [2.45, 2.75) is 45.1 Å². The van der Waals surface area contributed by atoms with E-state index in [2.05, 4.69) is 17.0 Å². The van der Waals surface area contributed by atoms with Gasteiger partial charge in [0.1, 0.15) is 0 Å². The Balaban J connectivity index is 1.74. The van der Waals surface area contributed by atoms with E-state index in [1.165, 1.54) is 36.8 Å². The van der Waals surface area contributed by atoms with Gasteiger partial charge in [-0.15, -0.1) is 0 Å². The number of piperidine rings is 1. The van der Waals surface area contributed by atoms with Crippen LogP contribution >= 0.6 is 0 Å². The third kappa shape index (κ3) is 2.80. The number of rotatable bonds is 4. The van der Waals surface area contributed by atoms with E-state index < -0.39 is 0 Å². The van der Waals surface area contributed by atoms with E-state index in [9.17, 15) is 9.59 Å². The van der Waals surface area contributed by atoms with E-state index >= 15 is 0 Å². The average molecular weight is 324 g/mol. The number of aldehydes is 1. The maximum Gasteiger partial charge on any atom is 0.261 e. The van der Waals surface area contributed by atoms with Gasteiger partial charge >= 0.3 is 0 Å². The van der Waals surface area contributed by atoms with E-state index in [1.54, 1.807) is 6.07 Å². The van der Waals surface area contributed by atoms with Crippen molar-refractivity contribution in [3.8, 4) is 0 Å². The van der Waals surface area contributed by atoms with Gasteiger partial charge < -0.3 is 9.47 Å². The van der Waals surface area contributed by atoms with Crippen molar-refractivity contribution in [3.05, 3.63) is 45.2 Å². The fourth-order valence-electron chi connectivity index (χ4n) is 4.20. The van der Waals surface area contributed by atoms with Gasteiger partial charge in [0, 0.05) is 13.1 Å². The maximum absolute atomic E-state index is 12.7. The predicted molar refractivity (Wildman–Crippen MR) is 95.9 cm³/mol. The topological polar surface area (TPSA) is 42.3 Å². The number of aromatic nitrogens is 1. The van der Waals surface area contributed by atoms with E-state index in [0.717, 1.165) is 43.4 Å². The second-order valence-electron chi connectivity index (χ2n) is 7.11. The number of benzene rings is 1. The molecule has 1 aliphatic carbocycles. The number of pyridine rings is 1. The summed E-state index contributed by atoms with van der Waals surface area (Å²) in [5.74, 6) is 0. The van der Waals surface area contributed by atoms with Crippen molar-refractivity contribution in [2.24, 2.45) is 0 Å². The van der Waals surface area contributed by atoms with Crippen LogP contribution in [0.1, 0.15) is 47.2 Å². The summed E-state index contributed by atoms with van der Waals surface area (Å²) in [6.07, 6.45) is 7.90. The van der Waals surface area contributed by atoms with Gasteiger partial charge in [0.05, 0.1) is 11.1 Å². The van der Waals surface area contributed by atoms with Gasteiger partial charge in [0.2, 0.25) is 0 Å². The summed E-state index contributed by atoms with van der Waals surface area (Å²) in [6, 6.07) is 6.13. The van der Waals surface area contributed by atoms with Gasteiger partial charge in [-0.3, -0.25) is 9.59 Å². The number of aryl methyl sites for hydroxylation is 2. The summed E-state index contributed by atoms with van der Waals surface area (Å²) >= 11 is 0. The maximum atomic E-state index is 12.7. The highest BCUT2D eigenvalue weighted by Crippen LogP contribution is 2.27. The molecule has 1 fully saturated rings. The second-order valence-corrected chi connectivity index (χ2v) is 7.11. The molecule has 4 nitrogen and oxygen atoms in total. The molecule has 2 aliphatic rings. The highest BCUT2D eigenvalue weighted by molar-refractivity contribution is 5.87. The number of hydrogen-bond donors (Lipinski definition) is 0. The number of carbonyl (C=O) groups is 1. The molecule has 24 heavy (non-hydrogen) atoms. The quantitative estimate of drug-likeness (QED) is 0.812. The molecule has 4 heteroatoms. The SMILES string of the molecule is O=Cc1cc2cc3c(cc2n(CCN2CCCCC2)c1=O)CCC3. The highest BCUT2D eigenvalue weighted by Gasteiger charge is 2.17. The molecule has 1 aromatic carbocycles. The molecule has 0 amide bonds. The molecule has 2 aromatic rings. The third-order valence-corrected chi connectivity index (χ3v) is 5.55. The summed E-state index contributed by atoms with van der Waals surface area (Å²) in [5, 5.41) is 1.02. The minimum atomic E-state index is -0.146. The Hall–Kier alpha value is -1.94. The van der Waals surface area contributed by atoms with Crippen LogP contribution in [0.3, 0.4) is 0 Å². The van der Waals surface area contributed by atoms with Crippen molar-refractivity contribution in [3.63, 3.8) is 0 Å². The number of carbonyl (C=O) groups excluding carboxylic acids is 1. The Morgan fingerprint density at radius 1 is 0.917 bits per heavy atom. The summed E-state index contributed by atoms with van der Waals surface area (Å²) in [6.45, 7) is 3.79. The first-order chi connectivity index (χ1) is 11.8. The minimum Gasteiger partial charge on any atom is -0.306 e. The molecule has 0 atom stereocenters. The van der Waals surface area contributed by atoms with Gasteiger partial charge in [0.15, 0.2) is 6.29 Å². The molecule has 126 valence electrons. The van der Waals surface area contributed by atoms with E-state index in [0.29, 0.717) is 12.8 Å². The van der Waals surface area contributed by atoms with Crippen molar-refractivity contribution in [1.82, 2.24) is 9.47 Å². The fraction of sp³-hybridized carbons (Fsp3) is 0.500. The molecule has 1 aromatic heterocycles. The predicted octanol–water partition coefficient (Wildman–Crippen LogP) is 2.79. The number of nitrogens with zero attached hydrogens (tertiary/aromatic N) is 2. The first-order valence-electron chi connectivity index (χ1n) is 9.13. The zero-order valence-corrected chi connectivity index (χ0v) is 14.1. The summed E-state index contributed by atoms with van der Waals surface area (Å²) in [5.41, 5.74) is 3.86. The van der Waals surface area contributed by atoms with Crippen LogP contribution in [0.15, 0.2) is 23.0 Å². The van der Waals surface area contributed by atoms with Crippen LogP contribution in [-0.2, 0) is 19.4 Å². The molecule has 0 saturated carbocycles. The van der Waals surface area contributed by atoms with Crippen LogP contribution in [0.25, 0.3) is 10.9 Å². The van der Waals surface area contributed by atoms with Gasteiger partial charge in [-0.05, 0) is 79.9 Å². The van der Waals surface area contributed by atoms with Crippen molar-refractivity contribution < 1.29 is 4.79 Å². The molecule has 1 aliphatic heterocycles. The summed E-state index contributed by atoms with van der Waals surface area (Å²) in [7, 11) is 0. The van der Waals surface area contributed by atoms with Gasteiger partial charge in [0.25, 0.3) is 5.56 Å². The lowest BCUT2D eigenvalue weighted by molar-refractivity contribution is 0.112. The van der Waals surface area contributed by atoms with Gasteiger partial charge in [-0.2, -0.15) is 0 Å². The van der Waals surface area contributed by atoms with Crippen LogP contribution in [0.5, 0.6) is 0 Å². The number of likely N-dealkylation sites (tertiary alicyclic amines) is 1. The molecular weight excluding hydrogens is 300 g/mol. The van der Waals surface area contributed by atoms with Crippen LogP contribution < -0.4 is 5.56 Å². The van der Waals surface area contributed by atoms with Crippen molar-refractivity contribution >= 4 is 17.2 Å². The molecular formula is C20H24N2O2. The van der Waals surface area contributed by atoms with Crippen LogP contribution in [0, 0.1) is 0 Å². The molecule has 1 saturated heterocycles. The third-order valence-electron chi connectivity index (χ3n) is 5.55. The Bertz CT molecular complexity index is 832. The van der Waals surface area contributed by atoms with Crippen molar-refractivity contribution in [1.29, 1.82) is 0 Å². The summed E-state index contributed by atoms with van der Waals surface area (Å²) in [4.78, 5) is 26.5. The van der Waals surface area contributed by atoms with Gasteiger partial charge in [-0.25, -0.2) is 0 Å². The van der Waals surface area contributed by atoms with E-state index in [-0.39, 0.29) is 11.1 Å². The molecule has 0 spiro atoms. The van der Waals surface area contributed by atoms with E-state index in [4.69, 9.17) is 0 Å². The Labute approximate surface area is 142 Å². The zero-order chi connectivity index (χ0) is 16.5. The Kier molecular flexibility index (Phi) is 4.23. The number of fused-ring (bicyclic) bond motifs is 2. The van der Waals surface area contributed by atoms with Crippen LogP contribution in [0.4, 0.5) is 0 Å². The molecule has 0 bridgehead atoms. The Morgan fingerprint density at radius 2 is 1.67 bits per heavy atom. The highest BCUT2D eigenvalue weighted by atomic mass is 16.1. The average Bonchev–Trinajstić information content (AvgIpc) is 3.07. The zero-order valence-electron chi connectivity index (χ0n) is 14.1. The summed E-state index contributed by atoms with van der Waals surface area (Å²) < 4.78 is 1.83. The molecule has 0 unspecified atom stereocenters. The first kappa shape index (κ1) is 15.6. The van der Waals surface area contributed by atoms with Gasteiger partial charge in [-0.1, -0.05) is 6.42 Å². The Morgan fingerprint density at radius 3 is 2.42 bits per heavy atom. The van der Waals surface area contributed by atoms with Crippen molar-refractivity contribution in [2.75, 3.05) is 19.6 Å². The van der Waals surface area contributed by atoms with E-state index in [1.807, 2.05) is 4.57 Å². The minimum absolute atomic E-state index is 0.146. The molecule has 0 radical (unpaired) electrons. The standard InChI is InChI=1S/C20H24N2O2/c23-14-18-12-17-11-15-5-4-6-16(15)13-19(17)22(20(18)24)10-9-21-7-2-1-3-8-21/h11-14H,1-10H2. The van der Waals surface area contributed by atoms with Crippen LogP contribution in [-0.4, -0.2) is 35.4 Å². The number of hydrogen-bond acceptors (Lipinski definition) is 3. The second kappa shape index (κ2) is 6.52. The lowest BCUT2D eigenvalue weighted by Crippen LogP contribution is -2.35. The molecule has 2 heterocycles. The largest absolute Gasteiger partial charge is 0.306 e. The first-order valence-corrected chi connectivity index (χ1v) is 9.13. The molecule has 4 rings (SSSR count). The smallest absolute Gasteiger partial charge is 0.261 e. The fourth-order valence-corrected chi connectivity index (χ4v) is 4.20. The molecule has 0 N–H and O–H groups in total. The lowest BCUT2D eigenvalue weighted by Gasteiger charge is -2.27. The van der Waals surface area contributed by atoms with Crippen LogP contribution in [0.2, 0.25) is 0 Å². The normalized spacial score (nSPS) is 18.0.